The first-order chi connectivity index (χ1) is 17.1. The van der Waals surface area contributed by atoms with Crippen LogP contribution in [0.4, 0.5) is 0 Å². The molecule has 6 heteroatoms. The van der Waals surface area contributed by atoms with Crippen molar-refractivity contribution in [3.8, 4) is 0 Å². The standard InChI is InChI=1S/C30H39N2O4/c1-29(2)21-9-5-7-11-23(21)31(13-15-33)25(29)17-19-27(35)20(28(19)36)18-26-30(3,4)22-10-6-8-12-24(22)32(26)14-16-34/h5,7,9-12,17-19,21,23,27,33-35H,6,8,13-16H2,1-4H3/q+1/b20-18+,25-17-. The van der Waals surface area contributed by atoms with Crippen molar-refractivity contribution in [2.24, 2.45) is 22.7 Å². The summed E-state index contributed by atoms with van der Waals surface area (Å²) in [4.78, 5) is 15.6. The van der Waals surface area contributed by atoms with Crippen molar-refractivity contribution >= 4 is 11.5 Å². The van der Waals surface area contributed by atoms with Crippen LogP contribution in [0, 0.1) is 22.7 Å². The molecule has 1 saturated carbocycles. The first kappa shape index (κ1) is 25.1. The van der Waals surface area contributed by atoms with Gasteiger partial charge < -0.3 is 20.2 Å². The normalized spacial score (nSPS) is 34.2. The van der Waals surface area contributed by atoms with Crippen molar-refractivity contribution in [1.29, 1.82) is 0 Å². The zero-order chi connectivity index (χ0) is 25.8. The molecule has 5 aliphatic rings. The smallest absolute Gasteiger partial charge is 0.205 e. The Hall–Kier alpha value is -2.54. The summed E-state index contributed by atoms with van der Waals surface area (Å²) in [7, 11) is 0. The highest BCUT2D eigenvalue weighted by atomic mass is 16.3. The molecule has 0 bridgehead atoms. The lowest BCUT2D eigenvalue weighted by Crippen LogP contribution is -2.46. The Morgan fingerprint density at radius 1 is 1.08 bits per heavy atom. The molecule has 5 rings (SSSR count). The lowest BCUT2D eigenvalue weighted by Gasteiger charge is -2.35. The Morgan fingerprint density at radius 3 is 2.50 bits per heavy atom. The number of nitrogens with zero attached hydrogens (tertiary/aromatic N) is 2. The molecule has 3 N–H and O–H groups in total. The molecule has 0 radical (unpaired) electrons. The fourth-order valence-corrected chi connectivity index (χ4v) is 6.87. The second kappa shape index (κ2) is 9.09. The van der Waals surface area contributed by atoms with Gasteiger partial charge in [-0.25, -0.2) is 0 Å². The number of fused-ring (bicyclic) bond motifs is 2. The number of aliphatic hydroxyl groups is 3. The van der Waals surface area contributed by atoms with Crippen LogP contribution in [-0.2, 0) is 4.79 Å². The minimum absolute atomic E-state index is 0.0135. The number of carbonyl (C=O) groups is 1. The minimum Gasteiger partial charge on any atom is -0.395 e. The number of Topliss-reactive ketones (excluding diaryl/α,β-unsaturated/α-hetero) is 1. The molecule has 192 valence electrons. The molecule has 0 aromatic rings. The van der Waals surface area contributed by atoms with Crippen LogP contribution in [-0.4, -0.2) is 74.7 Å². The molecule has 4 atom stereocenters. The van der Waals surface area contributed by atoms with E-state index in [4.69, 9.17) is 0 Å². The van der Waals surface area contributed by atoms with Gasteiger partial charge in [0.2, 0.25) is 5.70 Å². The monoisotopic (exact) mass is 491 g/mol. The van der Waals surface area contributed by atoms with Crippen LogP contribution in [0.3, 0.4) is 0 Å². The van der Waals surface area contributed by atoms with Crippen LogP contribution in [0.25, 0.3) is 0 Å². The molecule has 0 aromatic heterocycles. The van der Waals surface area contributed by atoms with Crippen molar-refractivity contribution in [3.05, 3.63) is 71.1 Å². The van der Waals surface area contributed by atoms with E-state index in [2.05, 4.69) is 67.6 Å². The molecule has 4 unspecified atom stereocenters. The number of aliphatic hydroxyl groups excluding tert-OH is 3. The topological polar surface area (TPSA) is 84.0 Å². The zero-order valence-electron chi connectivity index (χ0n) is 21.8. The Labute approximate surface area is 214 Å². The zero-order valence-corrected chi connectivity index (χ0v) is 21.8. The molecule has 1 saturated heterocycles. The van der Waals surface area contributed by atoms with Crippen molar-refractivity contribution in [3.63, 3.8) is 0 Å². The third-order valence-electron chi connectivity index (χ3n) is 8.83. The van der Waals surface area contributed by atoms with Gasteiger partial charge in [0.15, 0.2) is 18.0 Å². The lowest BCUT2D eigenvalue weighted by atomic mass is 9.70. The summed E-state index contributed by atoms with van der Waals surface area (Å²) in [5.41, 5.74) is 4.20. The van der Waals surface area contributed by atoms with Crippen LogP contribution in [0.2, 0.25) is 0 Å². The molecular weight excluding hydrogens is 452 g/mol. The van der Waals surface area contributed by atoms with E-state index in [-0.39, 0.29) is 41.8 Å². The van der Waals surface area contributed by atoms with Crippen LogP contribution < -0.4 is 0 Å². The van der Waals surface area contributed by atoms with Gasteiger partial charge >= 0.3 is 0 Å². The Bertz CT molecular complexity index is 1180. The Balaban J connectivity index is 1.49. The SMILES string of the molecule is CC1(C)C2=CCCC=C2[N+](CCO)=C1/C=C1/C(=O)C(/C=C2\N(CCO)C3C=CC=CC3C2(C)C)C1O. The number of hydrogen-bond acceptors (Lipinski definition) is 5. The van der Waals surface area contributed by atoms with Gasteiger partial charge in [-0.15, -0.1) is 0 Å². The van der Waals surface area contributed by atoms with Crippen molar-refractivity contribution in [2.75, 3.05) is 26.3 Å². The predicted octanol–water partition coefficient (Wildman–Crippen LogP) is 2.89. The first-order valence-corrected chi connectivity index (χ1v) is 13.2. The van der Waals surface area contributed by atoms with E-state index in [1.807, 2.05) is 18.2 Å². The summed E-state index contributed by atoms with van der Waals surface area (Å²) in [5, 5.41) is 30.7. The average Bonchev–Trinajstić information content (AvgIpc) is 3.20. The van der Waals surface area contributed by atoms with Gasteiger partial charge in [0.25, 0.3) is 0 Å². The van der Waals surface area contributed by atoms with Crippen molar-refractivity contribution < 1.29 is 24.7 Å². The number of allylic oxidation sites excluding steroid dienone is 7. The number of carbonyl (C=O) groups excluding carboxylic acids is 1. The van der Waals surface area contributed by atoms with Crippen LogP contribution in [0.1, 0.15) is 40.5 Å². The van der Waals surface area contributed by atoms with Gasteiger partial charge in [-0.3, -0.25) is 4.79 Å². The van der Waals surface area contributed by atoms with Gasteiger partial charge in [-0.2, -0.15) is 4.58 Å². The number of β-amino-alcohol motifs (C(OH)–C–C–N with tert-alkyl or cyclic N) is 2. The highest BCUT2D eigenvalue weighted by Crippen LogP contribution is 2.51. The molecule has 2 aliphatic heterocycles. The second-order valence-electron chi connectivity index (χ2n) is 11.6. The number of ketones is 1. The van der Waals surface area contributed by atoms with E-state index >= 15 is 0 Å². The van der Waals surface area contributed by atoms with E-state index in [0.29, 0.717) is 18.7 Å². The molecule has 36 heavy (non-hydrogen) atoms. The summed E-state index contributed by atoms with van der Waals surface area (Å²) < 4.78 is 2.11. The summed E-state index contributed by atoms with van der Waals surface area (Å²) in [6.45, 7) is 9.63. The van der Waals surface area contributed by atoms with E-state index in [1.54, 1.807) is 0 Å². The maximum Gasteiger partial charge on any atom is 0.205 e. The van der Waals surface area contributed by atoms with Gasteiger partial charge in [0.05, 0.1) is 30.1 Å². The van der Waals surface area contributed by atoms with E-state index in [1.165, 1.54) is 5.57 Å². The van der Waals surface area contributed by atoms with Crippen LogP contribution in [0.5, 0.6) is 0 Å². The summed E-state index contributed by atoms with van der Waals surface area (Å²) in [6, 6.07) is 0.137. The fourth-order valence-electron chi connectivity index (χ4n) is 6.87. The largest absolute Gasteiger partial charge is 0.395 e. The molecule has 2 heterocycles. The van der Waals surface area contributed by atoms with E-state index in [9.17, 15) is 20.1 Å². The molecule has 6 nitrogen and oxygen atoms in total. The van der Waals surface area contributed by atoms with Crippen molar-refractivity contribution in [1.82, 2.24) is 4.90 Å². The minimum atomic E-state index is -0.879. The van der Waals surface area contributed by atoms with E-state index < -0.39 is 12.0 Å². The molecule has 0 aromatic carbocycles. The third-order valence-corrected chi connectivity index (χ3v) is 8.83. The van der Waals surface area contributed by atoms with Gasteiger partial charge in [0.1, 0.15) is 6.61 Å². The lowest BCUT2D eigenvalue weighted by molar-refractivity contribution is -0.471. The maximum atomic E-state index is 13.4. The maximum absolute atomic E-state index is 13.4. The van der Waals surface area contributed by atoms with Gasteiger partial charge in [0, 0.05) is 40.8 Å². The Morgan fingerprint density at radius 2 is 1.81 bits per heavy atom. The summed E-state index contributed by atoms with van der Waals surface area (Å²) >= 11 is 0. The fraction of sp³-hybridized carbons (Fsp3) is 0.533. The van der Waals surface area contributed by atoms with Crippen LogP contribution >= 0.6 is 0 Å². The second-order valence-corrected chi connectivity index (χ2v) is 11.6. The third kappa shape index (κ3) is 3.65. The predicted molar refractivity (Wildman–Crippen MR) is 140 cm³/mol. The highest BCUT2D eigenvalue weighted by molar-refractivity contribution is 6.13. The first-order valence-electron chi connectivity index (χ1n) is 13.2. The van der Waals surface area contributed by atoms with Gasteiger partial charge in [-0.05, 0) is 32.8 Å². The molecule has 0 spiro atoms. The molecule has 2 fully saturated rings. The van der Waals surface area contributed by atoms with Crippen LogP contribution in [0.15, 0.2) is 71.1 Å². The summed E-state index contributed by atoms with van der Waals surface area (Å²) in [5.74, 6) is -0.410. The average molecular weight is 492 g/mol. The molecule has 3 aliphatic carbocycles. The van der Waals surface area contributed by atoms with Gasteiger partial charge in [-0.1, -0.05) is 50.3 Å². The number of likely N-dealkylation sites (tertiary alicyclic amines) is 1. The molecule has 0 amide bonds. The quantitative estimate of drug-likeness (QED) is 0.393. The van der Waals surface area contributed by atoms with E-state index in [0.717, 1.165) is 29.9 Å². The van der Waals surface area contributed by atoms with Crippen molar-refractivity contribution in [2.45, 2.75) is 52.7 Å². The Kier molecular flexibility index (Phi) is 6.34. The molecular formula is C30H39N2O4+. The number of hydrogen-bond donors (Lipinski definition) is 3. The number of rotatable bonds is 6. The summed E-state index contributed by atoms with van der Waals surface area (Å²) in [6.07, 6.45) is 17.8. The highest BCUT2D eigenvalue weighted by Gasteiger charge is 2.53.